The monoisotopic (exact) mass is 247 g/mol. The quantitative estimate of drug-likeness (QED) is 0.765. The summed E-state index contributed by atoms with van der Waals surface area (Å²) in [7, 11) is 1.35. The summed E-state index contributed by atoms with van der Waals surface area (Å²) < 4.78 is 4.74. The maximum Gasteiger partial charge on any atom is 0.338 e. The van der Waals surface area contributed by atoms with Gasteiger partial charge in [0.05, 0.1) is 12.7 Å². The molecule has 0 aliphatic heterocycles. The predicted octanol–water partition coefficient (Wildman–Crippen LogP) is 3.19. The Kier molecular flexibility index (Phi) is 3.40. The average molecular weight is 248 g/mol. The first-order valence-electron chi connectivity index (χ1n) is 5.00. The molecule has 0 aliphatic rings. The first-order valence-corrected chi connectivity index (χ1v) is 5.38. The van der Waals surface area contributed by atoms with Crippen molar-refractivity contribution in [3.05, 3.63) is 53.3 Å². The molecule has 0 spiro atoms. The van der Waals surface area contributed by atoms with Crippen LogP contribution in [0.25, 0.3) is 11.1 Å². The number of hydrogen-bond acceptors (Lipinski definition) is 3. The van der Waals surface area contributed by atoms with Crippen molar-refractivity contribution >= 4 is 17.6 Å². The number of halogens is 1. The Balaban J connectivity index is 2.59. The molecule has 17 heavy (non-hydrogen) atoms. The zero-order valence-corrected chi connectivity index (χ0v) is 9.94. The molecule has 0 amide bonds. The van der Waals surface area contributed by atoms with E-state index in [1.165, 1.54) is 7.11 Å². The topological polar surface area (TPSA) is 39.2 Å². The van der Waals surface area contributed by atoms with Gasteiger partial charge < -0.3 is 4.74 Å². The number of benzene rings is 1. The molecule has 0 N–H and O–H groups in total. The second-order valence-corrected chi connectivity index (χ2v) is 3.85. The molecule has 86 valence electrons. The number of aromatic nitrogens is 1. The summed E-state index contributed by atoms with van der Waals surface area (Å²) in [5, 5.41) is 0.574. The van der Waals surface area contributed by atoms with Crippen LogP contribution in [0.5, 0.6) is 0 Å². The molecule has 0 saturated carbocycles. The third kappa shape index (κ3) is 2.45. The average Bonchev–Trinajstić information content (AvgIpc) is 2.39. The highest BCUT2D eigenvalue weighted by atomic mass is 35.5. The predicted molar refractivity (Wildman–Crippen MR) is 66.0 cm³/mol. The molecule has 1 aromatic heterocycles. The van der Waals surface area contributed by atoms with Crippen LogP contribution in [0.15, 0.2) is 42.7 Å². The van der Waals surface area contributed by atoms with Crippen molar-refractivity contribution in [2.45, 2.75) is 0 Å². The third-order valence-electron chi connectivity index (χ3n) is 2.38. The van der Waals surface area contributed by atoms with Crippen molar-refractivity contribution in [2.24, 2.45) is 0 Å². The van der Waals surface area contributed by atoms with Crippen LogP contribution in [0, 0.1) is 0 Å². The first kappa shape index (κ1) is 11.6. The van der Waals surface area contributed by atoms with E-state index in [0.717, 1.165) is 11.1 Å². The Morgan fingerprint density at radius 1 is 1.24 bits per heavy atom. The standard InChI is InChI=1S/C13H10ClNO2/c1-17-13(16)11-3-2-10(14)8-12(11)9-4-6-15-7-5-9/h2-8H,1H3. The van der Waals surface area contributed by atoms with E-state index >= 15 is 0 Å². The molecule has 1 heterocycles. The molecule has 3 nitrogen and oxygen atoms in total. The van der Waals surface area contributed by atoms with Crippen LogP contribution in [-0.4, -0.2) is 18.1 Å². The summed E-state index contributed by atoms with van der Waals surface area (Å²) in [6, 6.07) is 8.70. The van der Waals surface area contributed by atoms with Gasteiger partial charge in [-0.25, -0.2) is 4.79 Å². The Hall–Kier alpha value is -1.87. The number of carbonyl (C=O) groups excluding carboxylic acids is 1. The summed E-state index contributed by atoms with van der Waals surface area (Å²) in [6.07, 6.45) is 3.33. The van der Waals surface area contributed by atoms with E-state index in [2.05, 4.69) is 4.98 Å². The van der Waals surface area contributed by atoms with E-state index in [4.69, 9.17) is 16.3 Å². The van der Waals surface area contributed by atoms with E-state index in [1.54, 1.807) is 30.6 Å². The van der Waals surface area contributed by atoms with Gasteiger partial charge in [-0.3, -0.25) is 4.98 Å². The van der Waals surface area contributed by atoms with Crippen molar-refractivity contribution in [1.82, 2.24) is 4.98 Å². The smallest absolute Gasteiger partial charge is 0.338 e. The van der Waals surface area contributed by atoms with Crippen LogP contribution in [-0.2, 0) is 4.74 Å². The fourth-order valence-electron chi connectivity index (χ4n) is 1.57. The fourth-order valence-corrected chi connectivity index (χ4v) is 1.75. The molecular formula is C13H10ClNO2. The third-order valence-corrected chi connectivity index (χ3v) is 2.61. The lowest BCUT2D eigenvalue weighted by Gasteiger charge is -2.08. The lowest BCUT2D eigenvalue weighted by Crippen LogP contribution is -2.03. The highest BCUT2D eigenvalue weighted by molar-refractivity contribution is 6.31. The normalized spacial score (nSPS) is 10.0. The zero-order chi connectivity index (χ0) is 12.3. The van der Waals surface area contributed by atoms with Gasteiger partial charge in [0, 0.05) is 17.4 Å². The van der Waals surface area contributed by atoms with Crippen molar-refractivity contribution in [2.75, 3.05) is 7.11 Å². The molecule has 0 saturated heterocycles. The Bertz CT molecular complexity index is 540. The van der Waals surface area contributed by atoms with Crippen LogP contribution >= 0.6 is 11.6 Å². The molecule has 0 radical (unpaired) electrons. The molecule has 2 rings (SSSR count). The van der Waals surface area contributed by atoms with Gasteiger partial charge >= 0.3 is 5.97 Å². The number of ether oxygens (including phenoxy) is 1. The summed E-state index contributed by atoms with van der Waals surface area (Å²) in [5.74, 6) is -0.381. The number of hydrogen-bond donors (Lipinski definition) is 0. The summed E-state index contributed by atoms with van der Waals surface area (Å²) in [4.78, 5) is 15.6. The molecule has 0 aliphatic carbocycles. The number of esters is 1. The summed E-state index contributed by atoms with van der Waals surface area (Å²) >= 11 is 5.95. The number of rotatable bonds is 2. The van der Waals surface area contributed by atoms with Gasteiger partial charge in [0.15, 0.2) is 0 Å². The molecule has 0 fully saturated rings. The molecule has 1 aromatic carbocycles. The second kappa shape index (κ2) is 4.97. The fraction of sp³-hybridized carbons (Fsp3) is 0.0769. The zero-order valence-electron chi connectivity index (χ0n) is 9.18. The van der Waals surface area contributed by atoms with Crippen LogP contribution < -0.4 is 0 Å². The van der Waals surface area contributed by atoms with Crippen LogP contribution in [0.2, 0.25) is 5.02 Å². The van der Waals surface area contributed by atoms with Crippen molar-refractivity contribution in [3.8, 4) is 11.1 Å². The van der Waals surface area contributed by atoms with E-state index < -0.39 is 0 Å². The first-order chi connectivity index (χ1) is 8.22. The number of carbonyl (C=O) groups is 1. The second-order valence-electron chi connectivity index (χ2n) is 3.42. The molecule has 0 unspecified atom stereocenters. The molecule has 2 aromatic rings. The maximum absolute atomic E-state index is 11.6. The van der Waals surface area contributed by atoms with E-state index in [1.807, 2.05) is 12.1 Å². The van der Waals surface area contributed by atoms with E-state index in [-0.39, 0.29) is 5.97 Å². The number of pyridine rings is 1. The Morgan fingerprint density at radius 2 is 1.94 bits per heavy atom. The SMILES string of the molecule is COC(=O)c1ccc(Cl)cc1-c1ccncc1. The van der Waals surface area contributed by atoms with Crippen LogP contribution in [0.3, 0.4) is 0 Å². The van der Waals surface area contributed by atoms with Gasteiger partial charge in [-0.15, -0.1) is 0 Å². The molecule has 0 atom stereocenters. The van der Waals surface area contributed by atoms with Gasteiger partial charge in [-0.1, -0.05) is 11.6 Å². The largest absolute Gasteiger partial charge is 0.465 e. The van der Waals surface area contributed by atoms with Crippen molar-refractivity contribution < 1.29 is 9.53 Å². The van der Waals surface area contributed by atoms with Crippen molar-refractivity contribution in [1.29, 1.82) is 0 Å². The lowest BCUT2D eigenvalue weighted by atomic mass is 10.0. The number of nitrogens with zero attached hydrogens (tertiary/aromatic N) is 1. The van der Waals surface area contributed by atoms with Gasteiger partial charge in [-0.05, 0) is 41.5 Å². The Labute approximate surface area is 104 Å². The van der Waals surface area contributed by atoms with Crippen LogP contribution in [0.4, 0.5) is 0 Å². The van der Waals surface area contributed by atoms with E-state index in [9.17, 15) is 4.79 Å². The van der Waals surface area contributed by atoms with Crippen LogP contribution in [0.1, 0.15) is 10.4 Å². The van der Waals surface area contributed by atoms with Crippen molar-refractivity contribution in [3.63, 3.8) is 0 Å². The summed E-state index contributed by atoms with van der Waals surface area (Å²) in [6.45, 7) is 0. The minimum absolute atomic E-state index is 0.381. The Morgan fingerprint density at radius 3 is 2.59 bits per heavy atom. The minimum atomic E-state index is -0.381. The van der Waals surface area contributed by atoms with Gasteiger partial charge in [-0.2, -0.15) is 0 Å². The molecular weight excluding hydrogens is 238 g/mol. The lowest BCUT2D eigenvalue weighted by molar-refractivity contribution is 0.0601. The minimum Gasteiger partial charge on any atom is -0.465 e. The number of methoxy groups -OCH3 is 1. The summed E-state index contributed by atoms with van der Waals surface area (Å²) in [5.41, 5.74) is 2.11. The maximum atomic E-state index is 11.6. The van der Waals surface area contributed by atoms with Gasteiger partial charge in [0.2, 0.25) is 0 Å². The molecule has 0 bridgehead atoms. The highest BCUT2D eigenvalue weighted by Gasteiger charge is 2.13. The highest BCUT2D eigenvalue weighted by Crippen LogP contribution is 2.27. The molecule has 4 heteroatoms. The van der Waals surface area contributed by atoms with Gasteiger partial charge in [0.25, 0.3) is 0 Å². The van der Waals surface area contributed by atoms with E-state index in [0.29, 0.717) is 10.6 Å². The van der Waals surface area contributed by atoms with Gasteiger partial charge in [0.1, 0.15) is 0 Å².